The molecule has 0 unspecified atom stereocenters. The number of aryl methyl sites for hydroxylation is 2. The largest absolute Gasteiger partial charge is 0.457 e. The van der Waals surface area contributed by atoms with E-state index < -0.39 is 0 Å². The number of benzene rings is 1. The minimum atomic E-state index is -0.265. The fourth-order valence-corrected chi connectivity index (χ4v) is 4.35. The van der Waals surface area contributed by atoms with Crippen LogP contribution < -0.4 is 5.56 Å². The zero-order chi connectivity index (χ0) is 20.7. The van der Waals surface area contributed by atoms with Crippen LogP contribution in [0.5, 0.6) is 0 Å². The molecule has 0 spiro atoms. The smallest absolute Gasteiger partial charge is 0.260 e. The Bertz CT molecular complexity index is 1390. The molecule has 0 aliphatic rings. The third-order valence-corrected chi connectivity index (χ3v) is 6.19. The number of fused-ring (bicyclic) bond motifs is 1. The van der Waals surface area contributed by atoms with Crippen LogP contribution in [0.3, 0.4) is 0 Å². The molecule has 144 valence electrons. The first-order chi connectivity index (χ1) is 13.9. The van der Waals surface area contributed by atoms with Crippen molar-refractivity contribution in [3.63, 3.8) is 0 Å². The molecule has 0 bridgehead atoms. The van der Waals surface area contributed by atoms with E-state index in [1.165, 1.54) is 17.4 Å². The van der Waals surface area contributed by atoms with E-state index in [1.54, 1.807) is 30.3 Å². The van der Waals surface area contributed by atoms with Crippen molar-refractivity contribution in [1.29, 1.82) is 5.26 Å². The van der Waals surface area contributed by atoms with E-state index in [9.17, 15) is 10.1 Å². The summed E-state index contributed by atoms with van der Waals surface area (Å²) in [4.78, 5) is 21.3. The Hall–Kier alpha value is -2.85. The van der Waals surface area contributed by atoms with Crippen molar-refractivity contribution in [2.45, 2.75) is 13.8 Å². The average Bonchev–Trinajstić information content (AvgIpc) is 3.26. The normalized spacial score (nSPS) is 11.8. The highest BCUT2D eigenvalue weighted by atomic mass is 35.5. The van der Waals surface area contributed by atoms with Crippen molar-refractivity contribution < 1.29 is 4.42 Å². The number of hydrogen-bond donors (Lipinski definition) is 1. The molecule has 0 fully saturated rings. The number of nitrogens with one attached hydrogen (secondary N) is 1. The molecule has 3 aromatic heterocycles. The molecular formula is C21H13Cl2N3O2S. The monoisotopic (exact) mass is 441 g/mol. The molecule has 1 aromatic carbocycles. The predicted octanol–water partition coefficient (Wildman–Crippen LogP) is 6.23. The van der Waals surface area contributed by atoms with Crippen LogP contribution in [0.4, 0.5) is 0 Å². The number of aromatic amines is 1. The second-order valence-corrected chi connectivity index (χ2v) is 8.42. The van der Waals surface area contributed by atoms with Crippen LogP contribution in [0.15, 0.2) is 39.5 Å². The summed E-state index contributed by atoms with van der Waals surface area (Å²) in [7, 11) is 0. The Kier molecular flexibility index (Phi) is 5.05. The van der Waals surface area contributed by atoms with Gasteiger partial charge in [-0.1, -0.05) is 23.2 Å². The van der Waals surface area contributed by atoms with Crippen LogP contribution in [-0.4, -0.2) is 9.97 Å². The lowest BCUT2D eigenvalue weighted by molar-refractivity contribution is 0.572. The van der Waals surface area contributed by atoms with Crippen molar-refractivity contribution in [2.24, 2.45) is 0 Å². The van der Waals surface area contributed by atoms with Crippen LogP contribution >= 0.6 is 34.5 Å². The van der Waals surface area contributed by atoms with Gasteiger partial charge in [0.05, 0.1) is 16.0 Å². The second kappa shape index (κ2) is 7.53. The average molecular weight is 442 g/mol. The standard InChI is InChI=1S/C21H13Cl2N3O2S/c1-10-11(2)29-21-18(10)20(27)25-19(26-21)12(9-24)7-14-4-6-17(28-14)15-8-13(22)3-5-16(15)23/h3-8H,1-2H3,(H,25,26,27). The van der Waals surface area contributed by atoms with E-state index >= 15 is 0 Å². The quantitative estimate of drug-likeness (QED) is 0.381. The van der Waals surface area contributed by atoms with E-state index in [0.29, 0.717) is 37.3 Å². The molecule has 5 nitrogen and oxygen atoms in total. The number of furan rings is 1. The number of nitriles is 1. The Morgan fingerprint density at radius 1 is 1.28 bits per heavy atom. The molecule has 0 aliphatic carbocycles. The summed E-state index contributed by atoms with van der Waals surface area (Å²) in [5.41, 5.74) is 1.47. The van der Waals surface area contributed by atoms with Gasteiger partial charge in [0.2, 0.25) is 0 Å². The fourth-order valence-electron chi connectivity index (χ4n) is 2.94. The van der Waals surface area contributed by atoms with Gasteiger partial charge in [-0.05, 0) is 49.7 Å². The molecule has 0 saturated carbocycles. The van der Waals surface area contributed by atoms with E-state index in [2.05, 4.69) is 16.0 Å². The lowest BCUT2D eigenvalue weighted by Gasteiger charge is -2.01. The van der Waals surface area contributed by atoms with Crippen molar-refractivity contribution in [2.75, 3.05) is 0 Å². The van der Waals surface area contributed by atoms with Gasteiger partial charge in [0.25, 0.3) is 5.56 Å². The number of halogens is 2. The van der Waals surface area contributed by atoms with Gasteiger partial charge in [0.1, 0.15) is 22.4 Å². The topological polar surface area (TPSA) is 82.7 Å². The van der Waals surface area contributed by atoms with Gasteiger partial charge in [-0.15, -0.1) is 11.3 Å². The Labute approximate surface area is 179 Å². The van der Waals surface area contributed by atoms with Crippen LogP contribution in [0.25, 0.3) is 33.2 Å². The Morgan fingerprint density at radius 3 is 2.83 bits per heavy atom. The van der Waals surface area contributed by atoms with Crippen molar-refractivity contribution in [3.05, 3.63) is 72.8 Å². The number of rotatable bonds is 3. The number of aromatic nitrogens is 2. The van der Waals surface area contributed by atoms with Gasteiger partial charge in [-0.3, -0.25) is 4.79 Å². The van der Waals surface area contributed by atoms with Gasteiger partial charge >= 0.3 is 0 Å². The number of hydrogen-bond acceptors (Lipinski definition) is 5. The first kappa shape index (κ1) is 19.5. The number of H-pyrrole nitrogens is 1. The summed E-state index contributed by atoms with van der Waals surface area (Å²) in [6.45, 7) is 3.82. The summed E-state index contributed by atoms with van der Waals surface area (Å²) < 4.78 is 5.81. The molecule has 1 N–H and O–H groups in total. The minimum absolute atomic E-state index is 0.186. The van der Waals surface area contributed by atoms with E-state index in [0.717, 1.165) is 10.4 Å². The highest BCUT2D eigenvalue weighted by Crippen LogP contribution is 2.33. The van der Waals surface area contributed by atoms with Crippen molar-refractivity contribution >= 4 is 56.4 Å². The molecule has 4 aromatic rings. The SMILES string of the molecule is Cc1sc2nc(C(C#N)=Cc3ccc(-c4cc(Cl)ccc4Cl)o3)[nH]c(=O)c2c1C. The maximum Gasteiger partial charge on any atom is 0.260 e. The molecule has 0 radical (unpaired) electrons. The molecule has 3 heterocycles. The highest BCUT2D eigenvalue weighted by Gasteiger charge is 2.15. The molecule has 29 heavy (non-hydrogen) atoms. The summed E-state index contributed by atoms with van der Waals surface area (Å²) in [6.07, 6.45) is 1.53. The van der Waals surface area contributed by atoms with Gasteiger partial charge in [-0.2, -0.15) is 5.26 Å². The van der Waals surface area contributed by atoms with Crippen LogP contribution in [-0.2, 0) is 0 Å². The van der Waals surface area contributed by atoms with Crippen molar-refractivity contribution in [3.8, 4) is 17.4 Å². The zero-order valence-corrected chi connectivity index (χ0v) is 17.7. The van der Waals surface area contributed by atoms with Crippen LogP contribution in [0.1, 0.15) is 22.0 Å². The molecule has 8 heteroatoms. The molecule has 0 aliphatic heterocycles. The van der Waals surface area contributed by atoms with E-state index in [1.807, 2.05) is 13.8 Å². The highest BCUT2D eigenvalue weighted by molar-refractivity contribution is 7.18. The number of nitrogens with zero attached hydrogens (tertiary/aromatic N) is 2. The maximum absolute atomic E-state index is 12.5. The fraction of sp³-hybridized carbons (Fsp3) is 0.0952. The van der Waals surface area contributed by atoms with Crippen LogP contribution in [0.2, 0.25) is 10.0 Å². The molecule has 0 saturated heterocycles. The summed E-state index contributed by atoms with van der Waals surface area (Å²) in [5, 5.41) is 11.2. The predicted molar refractivity (Wildman–Crippen MR) is 117 cm³/mol. The molecule has 4 rings (SSSR count). The Balaban J connectivity index is 1.77. The first-order valence-electron chi connectivity index (χ1n) is 8.55. The summed E-state index contributed by atoms with van der Waals surface area (Å²) in [5.74, 6) is 1.14. The van der Waals surface area contributed by atoms with Gasteiger partial charge < -0.3 is 9.40 Å². The zero-order valence-electron chi connectivity index (χ0n) is 15.3. The van der Waals surface area contributed by atoms with E-state index in [4.69, 9.17) is 27.6 Å². The summed E-state index contributed by atoms with van der Waals surface area (Å²) >= 11 is 13.7. The number of thiophene rings is 1. The third-order valence-electron chi connectivity index (χ3n) is 4.52. The van der Waals surface area contributed by atoms with Gasteiger partial charge in [-0.25, -0.2) is 4.98 Å². The first-order valence-corrected chi connectivity index (χ1v) is 10.1. The Morgan fingerprint density at radius 2 is 2.07 bits per heavy atom. The minimum Gasteiger partial charge on any atom is -0.457 e. The maximum atomic E-state index is 12.5. The van der Waals surface area contributed by atoms with Crippen LogP contribution in [0, 0.1) is 25.2 Å². The number of allylic oxidation sites excluding steroid dienone is 1. The second-order valence-electron chi connectivity index (χ2n) is 6.37. The van der Waals surface area contributed by atoms with Gasteiger partial charge in [0, 0.05) is 21.5 Å². The molecule has 0 atom stereocenters. The lowest BCUT2D eigenvalue weighted by atomic mass is 10.2. The molecule has 0 amide bonds. The van der Waals surface area contributed by atoms with Gasteiger partial charge in [0.15, 0.2) is 5.82 Å². The van der Waals surface area contributed by atoms with Crippen molar-refractivity contribution in [1.82, 2.24) is 9.97 Å². The lowest BCUT2D eigenvalue weighted by Crippen LogP contribution is -2.10. The summed E-state index contributed by atoms with van der Waals surface area (Å²) in [6, 6.07) is 10.6. The van der Waals surface area contributed by atoms with E-state index in [-0.39, 0.29) is 17.0 Å². The molecular weight excluding hydrogens is 429 g/mol. The third kappa shape index (κ3) is 3.60.